The Labute approximate surface area is 800 Å². The molecule has 45 heteroatoms. The number of amides is 1. The number of anilines is 3. The van der Waals surface area contributed by atoms with E-state index >= 15 is 0 Å². The van der Waals surface area contributed by atoms with Crippen LogP contribution in [-0.4, -0.2) is 229 Å². The van der Waals surface area contributed by atoms with Crippen LogP contribution in [0.15, 0.2) is 228 Å². The first-order valence-corrected chi connectivity index (χ1v) is 43.0. The van der Waals surface area contributed by atoms with Gasteiger partial charge in [-0.15, -0.1) is 13.2 Å². The number of hydrazine groups is 2. The molecular weight excluding hydrogens is 1840 g/mol. The molecule has 0 spiro atoms. The van der Waals surface area contributed by atoms with E-state index in [1.165, 1.54) is 91.3 Å². The van der Waals surface area contributed by atoms with Gasteiger partial charge in [-0.3, -0.25) is 54.3 Å². The van der Waals surface area contributed by atoms with Gasteiger partial charge in [0.15, 0.2) is 23.3 Å². The van der Waals surface area contributed by atoms with Crippen molar-refractivity contribution in [2.45, 2.75) is 52.4 Å². The number of pyridine rings is 7. The fraction of sp³-hybridized carbons (Fsp3) is 0.163. The number of carboxylic acid groups (broad SMARTS) is 1. The molecule has 0 unspecified atom stereocenters. The number of Topliss-reactive ketones (excluding diaryl/α,β-unsaturated/α-hetero) is 2. The summed E-state index contributed by atoms with van der Waals surface area (Å²) in [6, 6.07) is 28.4. The summed E-state index contributed by atoms with van der Waals surface area (Å²) in [7, 11) is 8.44. The molecule has 690 valence electrons. The Morgan fingerprint density at radius 3 is 1.29 bits per heavy atom. The smallest absolute Gasteiger partial charge is 0.377 e. The van der Waals surface area contributed by atoms with Gasteiger partial charge in [-0.05, 0) is 100 Å². The van der Waals surface area contributed by atoms with Gasteiger partial charge >= 0.3 is 11.9 Å². The third-order valence-corrected chi connectivity index (χ3v) is 21.9. The molecule has 0 radical (unpaired) electrons. The first-order valence-electron chi connectivity index (χ1n) is 41.5. The van der Waals surface area contributed by atoms with E-state index in [-0.39, 0.29) is 24.1 Å². The van der Waals surface area contributed by atoms with Crippen molar-refractivity contribution in [1.82, 2.24) is 145 Å². The van der Waals surface area contributed by atoms with Gasteiger partial charge < -0.3 is 29.3 Å². The van der Waals surface area contributed by atoms with Crippen LogP contribution in [0.3, 0.4) is 0 Å². The minimum Gasteiger partial charge on any atom is -0.494 e. The fourth-order valence-electron chi connectivity index (χ4n) is 14.3. The number of allylic oxidation sites excluding steroid dienone is 2. The van der Waals surface area contributed by atoms with Gasteiger partial charge in [-0.1, -0.05) is 88.9 Å². The number of carboxylic acids is 1. The zero-order valence-corrected chi connectivity index (χ0v) is 77.1. The highest BCUT2D eigenvalue weighted by atomic mass is 35.5. The van der Waals surface area contributed by atoms with Crippen molar-refractivity contribution in [2.24, 2.45) is 5.10 Å². The molecule has 0 saturated heterocycles. The predicted molar refractivity (Wildman–Crippen MR) is 511 cm³/mol. The largest absolute Gasteiger partial charge is 0.494 e. The third kappa shape index (κ3) is 22.2. The molecule has 0 fully saturated rings. The SMILES string of the molecule is C=CCc1c(Cl)ncnc1-c1ccccn1.C=CCc1c(Cl)ncnc1Cl.CN1N=CCc2c(-c3ccccn3)ncnc21.CN1NCCc2c(-c3ccccn3)ncnc21.COc1cnc(-n2cnc(C)n2)c2[nH]cc(C(=O)C(=O)N3CCc4c(-c5ccccn5)ncnc4N3C)c12.COc1cnc(-n2cnc(C)n2)c2[nH]cc(C(=O)C(=O)O)c12.O=CCc1c(Cl)ncnc1-c1ccccn1. The quantitative estimate of drug-likeness (QED) is 0.0192. The van der Waals surface area contributed by atoms with Crippen LogP contribution in [0, 0.1) is 13.8 Å². The molecule has 0 aromatic carbocycles. The van der Waals surface area contributed by atoms with Crippen molar-refractivity contribution >= 4 is 122 Å². The normalized spacial score (nSPS) is 12.0. The zero-order valence-electron chi connectivity index (χ0n) is 74.1. The number of aromatic amines is 2. The molecule has 0 bridgehead atoms. The summed E-state index contributed by atoms with van der Waals surface area (Å²) < 4.78 is 13.6. The average Bonchev–Trinajstić information content (AvgIpc) is 1.67. The number of nitrogens with one attached hydrogen (secondary N) is 3. The Bertz CT molecular complexity index is 7120. The summed E-state index contributed by atoms with van der Waals surface area (Å²) in [6.07, 6.45) is 35.7. The van der Waals surface area contributed by atoms with Crippen LogP contribution in [0.1, 0.15) is 65.7 Å². The van der Waals surface area contributed by atoms with E-state index in [4.69, 9.17) is 61.0 Å². The zero-order chi connectivity index (χ0) is 96.6. The first-order chi connectivity index (χ1) is 66.6. The molecule has 3 aliphatic heterocycles. The van der Waals surface area contributed by atoms with E-state index < -0.39 is 23.4 Å². The summed E-state index contributed by atoms with van der Waals surface area (Å²) in [4.78, 5) is 155. The van der Waals surface area contributed by atoms with Gasteiger partial charge in [0.2, 0.25) is 0 Å². The molecule has 3 aliphatic rings. The molecule has 0 atom stereocenters. The number of ether oxygens (including phenoxy) is 2. The van der Waals surface area contributed by atoms with Crippen LogP contribution in [0.4, 0.5) is 17.5 Å². The Morgan fingerprint density at radius 2 is 0.861 bits per heavy atom. The fourth-order valence-corrected chi connectivity index (χ4v) is 15.2. The number of carbonyl (C=O) groups excluding carboxylic acids is 4. The monoisotopic (exact) mass is 1920 g/mol. The minimum atomic E-state index is -1.54. The number of carbonyl (C=O) groups is 5. The van der Waals surface area contributed by atoms with Crippen LogP contribution in [-0.2, 0) is 52.9 Å². The van der Waals surface area contributed by atoms with Gasteiger partial charge in [-0.25, -0.2) is 104 Å². The summed E-state index contributed by atoms with van der Waals surface area (Å²) in [5.74, 6) is 0.935. The standard InChI is InChI=1S/C25H22N10O3.C13H11N5O4.C12H10ClN3.C12H13N5.C12H11N5.C11H8ClN3O.C7H6Cl2N2/c1-14-31-13-34(32-14)24-21-19(18(38-3)11-28-24)16(10-27-21)22(36)25(37)35-9-7-15-20(17-6-4-5-8-26-17)29-12-30-23(15)33(35)2;1-6-16-5-18(17-6)12-10-9(8(22-2)4-15-12)7(3-14-10)11(19)13(20)21;1-2-5-9-11(15-8-16-12(9)13)10-6-3-4-7-14-10;2*1-17-12-9(5-7-16-17)11(14-8-15-12)10-4-2-3-6-13-10;12-11-8(4-6-16)10(14-7-15-11)9-3-1-2-5-13-9;1-2-3-5-6(8)10-4-11-7(5)9/h4-6,8,10-13,27H,7,9H2,1-3H3;3-5,14H,1-2H3,(H,20,21);2-4,6-8H,1,5H2;2-4,6,8,16H,5,7H2,1H3;2-4,6-8H,5H2,1H3;1-3,5-7H,4H2;2,4H,1,3H2. The van der Waals surface area contributed by atoms with Gasteiger partial charge in [0, 0.05) is 130 Å². The number of hydrogen-bond donors (Lipinski definition) is 4. The lowest BCUT2D eigenvalue weighted by Gasteiger charge is -2.37. The van der Waals surface area contributed by atoms with Gasteiger partial charge in [0.05, 0.1) is 116 Å². The second-order valence-electron chi connectivity index (χ2n) is 29.0. The van der Waals surface area contributed by atoms with Crippen LogP contribution in [0.25, 0.3) is 90.4 Å². The van der Waals surface area contributed by atoms with Crippen molar-refractivity contribution in [2.75, 3.05) is 63.5 Å². The van der Waals surface area contributed by atoms with E-state index in [2.05, 4.69) is 149 Å². The number of H-pyrrole nitrogens is 2. The third-order valence-electron chi connectivity index (χ3n) is 20.6. The average molecular weight is 1920 g/mol. The maximum atomic E-state index is 13.6. The maximum absolute atomic E-state index is 13.6. The summed E-state index contributed by atoms with van der Waals surface area (Å²) in [5, 5.41) is 30.6. The van der Waals surface area contributed by atoms with E-state index in [0.29, 0.717) is 131 Å². The number of aldehydes is 1. The Kier molecular flexibility index (Phi) is 31.9. The predicted octanol–water partition coefficient (Wildman–Crippen LogP) is 12.6. The molecule has 0 saturated carbocycles. The van der Waals surface area contributed by atoms with E-state index in [1.807, 2.05) is 116 Å². The van der Waals surface area contributed by atoms with Gasteiger partial charge in [-0.2, -0.15) is 15.3 Å². The number of methoxy groups -OCH3 is 2. The van der Waals surface area contributed by atoms with Crippen molar-refractivity contribution < 1.29 is 38.6 Å². The lowest BCUT2D eigenvalue weighted by molar-refractivity contribution is -0.131. The van der Waals surface area contributed by atoms with Crippen molar-refractivity contribution in [1.29, 1.82) is 0 Å². The molecule has 17 aromatic rings. The summed E-state index contributed by atoms with van der Waals surface area (Å²) >= 11 is 23.4. The highest BCUT2D eigenvalue weighted by Gasteiger charge is 2.36. The molecule has 1 amide bonds. The van der Waals surface area contributed by atoms with E-state index in [9.17, 15) is 24.0 Å². The molecular formula is C92H81Cl4N33O8. The number of aromatic nitrogens is 27. The lowest BCUT2D eigenvalue weighted by Crippen LogP contribution is -2.51. The summed E-state index contributed by atoms with van der Waals surface area (Å²) in [5.41, 5.74) is 17.5. The first kappa shape index (κ1) is 96.2. The van der Waals surface area contributed by atoms with Crippen molar-refractivity contribution in [3.63, 3.8) is 0 Å². The number of nitrogens with zero attached hydrogens (tertiary/aromatic N) is 30. The Hall–Kier alpha value is -16.9. The number of aliphatic carboxylic acids is 1. The van der Waals surface area contributed by atoms with Crippen LogP contribution >= 0.6 is 46.4 Å². The van der Waals surface area contributed by atoms with Crippen LogP contribution in [0.5, 0.6) is 11.5 Å². The molecule has 20 rings (SSSR count). The number of hydrazone groups is 1. The van der Waals surface area contributed by atoms with Crippen LogP contribution in [0.2, 0.25) is 20.6 Å². The topological polar surface area (TPSA) is 499 Å². The highest BCUT2D eigenvalue weighted by Crippen LogP contribution is 2.38. The van der Waals surface area contributed by atoms with Crippen molar-refractivity contribution in [3.8, 4) is 80.1 Å². The molecule has 20 heterocycles. The second kappa shape index (κ2) is 45.5. The lowest BCUT2D eigenvalue weighted by atomic mass is 10.0. The summed E-state index contributed by atoms with van der Waals surface area (Å²) in [6.45, 7) is 11.9. The van der Waals surface area contributed by atoms with Crippen LogP contribution < -0.4 is 29.9 Å². The molecule has 4 N–H and O–H groups in total. The highest BCUT2D eigenvalue weighted by molar-refractivity contribution is 6.45. The van der Waals surface area contributed by atoms with E-state index in [1.54, 1.807) is 86.7 Å². The number of halogens is 4. The molecule has 17 aromatic heterocycles. The Morgan fingerprint density at radius 1 is 0.460 bits per heavy atom. The molecule has 137 heavy (non-hydrogen) atoms. The number of fused-ring (bicyclic) bond motifs is 5. The molecule has 0 aliphatic carbocycles. The van der Waals surface area contributed by atoms with Gasteiger partial charge in [0.1, 0.15) is 106 Å². The molecule has 41 nitrogen and oxygen atoms in total. The van der Waals surface area contributed by atoms with Gasteiger partial charge in [0.25, 0.3) is 11.6 Å². The van der Waals surface area contributed by atoms with E-state index in [0.717, 1.165) is 99.3 Å². The number of hydrogen-bond acceptors (Lipinski definition) is 35. The Balaban J connectivity index is 0.000000133. The number of aryl methyl sites for hydroxylation is 2. The maximum Gasteiger partial charge on any atom is 0.377 e. The minimum absolute atomic E-state index is 0.000151. The second-order valence-corrected chi connectivity index (χ2v) is 30.4. The van der Waals surface area contributed by atoms with Crippen molar-refractivity contribution in [3.05, 3.63) is 299 Å². The number of rotatable bonds is 19. The number of ketones is 2.